The van der Waals surface area contributed by atoms with Crippen LogP contribution in [-0.2, 0) is 0 Å². The summed E-state index contributed by atoms with van der Waals surface area (Å²) in [5.74, 6) is 2.66. The Hall–Kier alpha value is -0.330. The number of unbranched alkanes of at least 4 members (excludes halogenated alkanes) is 2. The van der Waals surface area contributed by atoms with Crippen LogP contribution in [0.5, 0.6) is 0 Å². The number of hydrogen-bond donors (Lipinski definition) is 0. The van der Waals surface area contributed by atoms with E-state index in [9.17, 15) is 0 Å². The SMILES string of the molecule is CCCCCC(C)CCCC(C)CCCC(C)CC=NC. The van der Waals surface area contributed by atoms with Crippen LogP contribution in [0.1, 0.15) is 98.3 Å². The number of nitrogens with zero attached hydrogens (tertiary/aromatic N) is 1. The van der Waals surface area contributed by atoms with Crippen LogP contribution in [0.4, 0.5) is 0 Å². The molecule has 0 radical (unpaired) electrons. The Balaban J connectivity index is 3.47. The summed E-state index contributed by atoms with van der Waals surface area (Å²) in [5.41, 5.74) is 0. The van der Waals surface area contributed by atoms with Gasteiger partial charge in [0.2, 0.25) is 0 Å². The predicted molar refractivity (Wildman–Crippen MR) is 98.4 cm³/mol. The summed E-state index contributed by atoms with van der Waals surface area (Å²) in [4.78, 5) is 4.08. The fraction of sp³-hybridized carbons (Fsp3) is 0.950. The standard InChI is InChI=1S/C20H41N/c1-6-7-8-11-18(2)12-9-13-19(3)14-10-15-20(4)16-17-21-5/h17-20H,6-16H2,1-5H3. The van der Waals surface area contributed by atoms with Gasteiger partial charge in [-0.2, -0.15) is 0 Å². The maximum Gasteiger partial charge on any atom is 0.0273 e. The molecule has 126 valence electrons. The molecule has 0 aromatic heterocycles. The van der Waals surface area contributed by atoms with Gasteiger partial charge in [-0.15, -0.1) is 0 Å². The first kappa shape index (κ1) is 20.7. The first-order valence-corrected chi connectivity index (χ1v) is 9.50. The zero-order valence-corrected chi connectivity index (χ0v) is 15.5. The molecular weight excluding hydrogens is 254 g/mol. The molecule has 3 atom stereocenters. The van der Waals surface area contributed by atoms with Gasteiger partial charge in [0.05, 0.1) is 0 Å². The highest BCUT2D eigenvalue weighted by atomic mass is 14.6. The van der Waals surface area contributed by atoms with Gasteiger partial charge in [-0.3, -0.25) is 0 Å². The molecule has 0 aromatic rings. The predicted octanol–water partition coefficient (Wildman–Crippen LogP) is 6.91. The number of aliphatic imine (C=N–C) groups is 1. The third-order valence-electron chi connectivity index (χ3n) is 4.78. The summed E-state index contributed by atoms with van der Waals surface area (Å²) in [7, 11) is 1.87. The lowest BCUT2D eigenvalue weighted by molar-refractivity contribution is 0.385. The van der Waals surface area contributed by atoms with Gasteiger partial charge in [0.25, 0.3) is 0 Å². The van der Waals surface area contributed by atoms with E-state index in [1.807, 2.05) is 7.05 Å². The zero-order valence-electron chi connectivity index (χ0n) is 15.5. The molecular formula is C20H41N. The highest BCUT2D eigenvalue weighted by Crippen LogP contribution is 2.21. The van der Waals surface area contributed by atoms with Gasteiger partial charge in [-0.25, -0.2) is 0 Å². The van der Waals surface area contributed by atoms with Crippen molar-refractivity contribution in [3.63, 3.8) is 0 Å². The van der Waals surface area contributed by atoms with Crippen LogP contribution in [0, 0.1) is 17.8 Å². The minimum absolute atomic E-state index is 0.805. The fourth-order valence-corrected chi connectivity index (χ4v) is 3.06. The van der Waals surface area contributed by atoms with Crippen molar-refractivity contribution < 1.29 is 0 Å². The molecule has 0 N–H and O–H groups in total. The molecule has 0 saturated heterocycles. The average molecular weight is 296 g/mol. The summed E-state index contributed by atoms with van der Waals surface area (Å²) >= 11 is 0. The summed E-state index contributed by atoms with van der Waals surface area (Å²) in [6.07, 6.45) is 17.4. The average Bonchev–Trinajstić information content (AvgIpc) is 2.45. The van der Waals surface area contributed by atoms with E-state index in [1.165, 1.54) is 64.2 Å². The molecule has 0 aliphatic heterocycles. The van der Waals surface area contributed by atoms with E-state index in [-0.39, 0.29) is 0 Å². The lowest BCUT2D eigenvalue weighted by atomic mass is 9.91. The van der Waals surface area contributed by atoms with Gasteiger partial charge < -0.3 is 4.99 Å². The van der Waals surface area contributed by atoms with Crippen LogP contribution >= 0.6 is 0 Å². The van der Waals surface area contributed by atoms with Crippen LogP contribution in [0.3, 0.4) is 0 Å². The van der Waals surface area contributed by atoms with Crippen molar-refractivity contribution in [2.45, 2.75) is 98.3 Å². The fourth-order valence-electron chi connectivity index (χ4n) is 3.06. The van der Waals surface area contributed by atoms with Crippen LogP contribution in [0.15, 0.2) is 4.99 Å². The molecule has 0 aliphatic carbocycles. The van der Waals surface area contributed by atoms with Gasteiger partial charge in [0.1, 0.15) is 0 Å². The minimum Gasteiger partial charge on any atom is -0.301 e. The van der Waals surface area contributed by atoms with Crippen LogP contribution in [0.25, 0.3) is 0 Å². The van der Waals surface area contributed by atoms with Gasteiger partial charge in [0.15, 0.2) is 0 Å². The smallest absolute Gasteiger partial charge is 0.0273 e. The van der Waals surface area contributed by atoms with Gasteiger partial charge in [-0.05, 0) is 30.4 Å². The van der Waals surface area contributed by atoms with Crippen LogP contribution in [0.2, 0.25) is 0 Å². The second-order valence-corrected chi connectivity index (χ2v) is 7.35. The molecule has 0 aliphatic rings. The lowest BCUT2D eigenvalue weighted by Crippen LogP contribution is -2.01. The second kappa shape index (κ2) is 14.6. The summed E-state index contributed by atoms with van der Waals surface area (Å²) < 4.78 is 0. The van der Waals surface area contributed by atoms with E-state index in [4.69, 9.17) is 0 Å². The van der Waals surface area contributed by atoms with Crippen LogP contribution < -0.4 is 0 Å². The van der Waals surface area contributed by atoms with E-state index < -0.39 is 0 Å². The molecule has 0 fully saturated rings. The first-order valence-electron chi connectivity index (χ1n) is 9.50. The highest BCUT2D eigenvalue weighted by molar-refractivity contribution is 5.57. The topological polar surface area (TPSA) is 12.4 Å². The molecule has 1 nitrogen and oxygen atoms in total. The number of hydrogen-bond acceptors (Lipinski definition) is 1. The monoisotopic (exact) mass is 295 g/mol. The van der Waals surface area contributed by atoms with Gasteiger partial charge in [-0.1, -0.05) is 91.9 Å². The molecule has 0 aromatic carbocycles. The molecule has 0 heterocycles. The van der Waals surface area contributed by atoms with Crippen molar-refractivity contribution in [3.05, 3.63) is 0 Å². The quantitative estimate of drug-likeness (QED) is 0.244. The Morgan fingerprint density at radius 1 is 0.714 bits per heavy atom. The van der Waals surface area contributed by atoms with Crippen molar-refractivity contribution in [1.82, 2.24) is 0 Å². The van der Waals surface area contributed by atoms with Crippen molar-refractivity contribution >= 4 is 6.21 Å². The molecule has 0 bridgehead atoms. The summed E-state index contributed by atoms with van der Waals surface area (Å²) in [6.45, 7) is 9.53. The maximum atomic E-state index is 4.08. The van der Waals surface area contributed by atoms with E-state index in [0.717, 1.165) is 24.2 Å². The van der Waals surface area contributed by atoms with E-state index in [1.54, 1.807) is 0 Å². The third kappa shape index (κ3) is 14.4. The molecule has 0 amide bonds. The Morgan fingerprint density at radius 3 is 1.67 bits per heavy atom. The van der Waals surface area contributed by atoms with E-state index >= 15 is 0 Å². The summed E-state index contributed by atoms with van der Waals surface area (Å²) in [6, 6.07) is 0. The van der Waals surface area contributed by atoms with Crippen molar-refractivity contribution in [2.75, 3.05) is 7.05 Å². The van der Waals surface area contributed by atoms with Crippen molar-refractivity contribution in [2.24, 2.45) is 22.7 Å². The van der Waals surface area contributed by atoms with Gasteiger partial charge >= 0.3 is 0 Å². The van der Waals surface area contributed by atoms with E-state index in [2.05, 4.69) is 38.9 Å². The maximum absolute atomic E-state index is 4.08. The molecule has 0 spiro atoms. The number of rotatable bonds is 14. The zero-order chi connectivity index (χ0) is 15.9. The Labute approximate surface area is 135 Å². The summed E-state index contributed by atoms with van der Waals surface area (Å²) in [5, 5.41) is 0. The Bertz CT molecular complexity index is 234. The third-order valence-corrected chi connectivity index (χ3v) is 4.78. The normalized spacial score (nSPS) is 16.2. The van der Waals surface area contributed by atoms with Gasteiger partial charge in [0, 0.05) is 7.05 Å². The molecule has 0 rings (SSSR count). The first-order chi connectivity index (χ1) is 10.1. The Morgan fingerprint density at radius 2 is 1.19 bits per heavy atom. The molecule has 21 heavy (non-hydrogen) atoms. The molecule has 1 heteroatoms. The van der Waals surface area contributed by atoms with E-state index in [0.29, 0.717) is 0 Å². The van der Waals surface area contributed by atoms with Crippen molar-refractivity contribution in [3.8, 4) is 0 Å². The highest BCUT2D eigenvalue weighted by Gasteiger charge is 2.07. The van der Waals surface area contributed by atoms with Crippen molar-refractivity contribution in [1.29, 1.82) is 0 Å². The minimum atomic E-state index is 0.805. The molecule has 3 unspecified atom stereocenters. The Kier molecular flexibility index (Phi) is 14.4. The lowest BCUT2D eigenvalue weighted by Gasteiger charge is -2.15. The second-order valence-electron chi connectivity index (χ2n) is 7.35. The largest absolute Gasteiger partial charge is 0.301 e. The molecule has 0 saturated carbocycles. The van der Waals surface area contributed by atoms with Crippen LogP contribution in [-0.4, -0.2) is 13.3 Å².